The van der Waals surface area contributed by atoms with Crippen LogP contribution in [0.2, 0.25) is 0 Å². The van der Waals surface area contributed by atoms with Crippen molar-refractivity contribution in [3.8, 4) is 0 Å². The van der Waals surface area contributed by atoms with Crippen LogP contribution in [0.15, 0.2) is 30.3 Å². The van der Waals surface area contributed by atoms with Gasteiger partial charge in [0.15, 0.2) is 0 Å². The Bertz CT molecular complexity index is 559. The molecule has 0 amide bonds. The molecule has 0 bridgehead atoms. The number of nitrogens with zero attached hydrogens (tertiary/aromatic N) is 1. The molecule has 0 aromatic heterocycles. The lowest BCUT2D eigenvalue weighted by atomic mass is 10.1. The van der Waals surface area contributed by atoms with Crippen molar-refractivity contribution in [2.24, 2.45) is 0 Å². The van der Waals surface area contributed by atoms with Crippen LogP contribution in [0, 0.1) is 0 Å². The SMILES string of the molecule is CCCCCCCCCCCCOS(=O)(=O)Cc1ccccc1.C[N+](C)(C)C. The van der Waals surface area contributed by atoms with E-state index in [1.807, 2.05) is 18.2 Å². The number of benzene rings is 1. The summed E-state index contributed by atoms with van der Waals surface area (Å²) in [5.41, 5.74) is 0.774. The van der Waals surface area contributed by atoms with Crippen LogP contribution in [0.3, 0.4) is 0 Å². The summed E-state index contributed by atoms with van der Waals surface area (Å²) in [7, 11) is 5.06. The monoisotopic (exact) mass is 414 g/mol. The van der Waals surface area contributed by atoms with Crippen LogP contribution in [0.4, 0.5) is 0 Å². The zero-order chi connectivity index (χ0) is 21.3. The van der Waals surface area contributed by atoms with Gasteiger partial charge in [-0.1, -0.05) is 95.0 Å². The van der Waals surface area contributed by atoms with Gasteiger partial charge in [0.1, 0.15) is 5.75 Å². The lowest BCUT2D eigenvalue weighted by molar-refractivity contribution is -0.849. The smallest absolute Gasteiger partial charge is 0.271 e. The number of quaternary nitrogens is 1. The van der Waals surface area contributed by atoms with Crippen molar-refractivity contribution in [1.82, 2.24) is 0 Å². The molecule has 1 rings (SSSR count). The maximum Gasteiger partial charge on any atom is 0.271 e. The van der Waals surface area contributed by atoms with Crippen molar-refractivity contribution in [3.05, 3.63) is 35.9 Å². The summed E-state index contributed by atoms with van der Waals surface area (Å²) in [4.78, 5) is 0. The highest BCUT2D eigenvalue weighted by atomic mass is 32.2. The first-order valence-corrected chi connectivity index (χ1v) is 12.4. The first-order valence-electron chi connectivity index (χ1n) is 10.8. The van der Waals surface area contributed by atoms with Crippen LogP contribution in [0.1, 0.15) is 76.7 Å². The molecule has 1 aromatic rings. The Morgan fingerprint density at radius 2 is 1.18 bits per heavy atom. The van der Waals surface area contributed by atoms with Gasteiger partial charge in [0.05, 0.1) is 34.8 Å². The van der Waals surface area contributed by atoms with E-state index >= 15 is 0 Å². The van der Waals surface area contributed by atoms with Crippen molar-refractivity contribution >= 4 is 10.1 Å². The summed E-state index contributed by atoms with van der Waals surface area (Å²) in [6, 6.07) is 9.17. The molecular formula is C23H44NO3S+. The van der Waals surface area contributed by atoms with Gasteiger partial charge in [-0.2, -0.15) is 8.42 Å². The topological polar surface area (TPSA) is 43.4 Å². The molecule has 0 N–H and O–H groups in total. The van der Waals surface area contributed by atoms with E-state index in [-0.39, 0.29) is 5.75 Å². The van der Waals surface area contributed by atoms with E-state index in [4.69, 9.17) is 4.18 Å². The lowest BCUT2D eigenvalue weighted by Crippen LogP contribution is -2.27. The highest BCUT2D eigenvalue weighted by Gasteiger charge is 2.11. The van der Waals surface area contributed by atoms with Crippen molar-refractivity contribution in [2.45, 2.75) is 76.9 Å². The van der Waals surface area contributed by atoms with E-state index in [0.717, 1.165) is 22.9 Å². The third-order valence-electron chi connectivity index (χ3n) is 3.95. The van der Waals surface area contributed by atoms with Crippen molar-refractivity contribution in [1.29, 1.82) is 0 Å². The molecule has 0 aliphatic rings. The fraction of sp³-hybridized carbons (Fsp3) is 0.739. The lowest BCUT2D eigenvalue weighted by Gasteiger charge is -2.14. The Hall–Kier alpha value is -0.910. The third-order valence-corrected chi connectivity index (χ3v) is 5.16. The number of hydrogen-bond acceptors (Lipinski definition) is 3. The Balaban J connectivity index is 0.00000129. The molecule has 0 aliphatic heterocycles. The fourth-order valence-electron chi connectivity index (χ4n) is 2.60. The number of rotatable bonds is 14. The van der Waals surface area contributed by atoms with Gasteiger partial charge in [0.25, 0.3) is 10.1 Å². The van der Waals surface area contributed by atoms with E-state index in [9.17, 15) is 8.42 Å². The average Bonchev–Trinajstić information content (AvgIpc) is 2.58. The van der Waals surface area contributed by atoms with Gasteiger partial charge in [-0.3, -0.25) is 4.18 Å². The molecule has 0 saturated heterocycles. The quantitative estimate of drug-likeness (QED) is 0.220. The predicted octanol–water partition coefficient (Wildman–Crippen LogP) is 5.78. The zero-order valence-corrected chi connectivity index (χ0v) is 19.8. The zero-order valence-electron chi connectivity index (χ0n) is 19.0. The molecule has 0 spiro atoms. The van der Waals surface area contributed by atoms with Crippen molar-refractivity contribution in [3.63, 3.8) is 0 Å². The predicted molar refractivity (Wildman–Crippen MR) is 121 cm³/mol. The van der Waals surface area contributed by atoms with E-state index in [0.29, 0.717) is 6.61 Å². The number of hydrogen-bond donors (Lipinski definition) is 0. The van der Waals surface area contributed by atoms with Crippen LogP contribution in [0.25, 0.3) is 0 Å². The first-order chi connectivity index (χ1) is 13.1. The van der Waals surface area contributed by atoms with Crippen LogP contribution in [-0.2, 0) is 20.1 Å². The van der Waals surface area contributed by atoms with E-state index < -0.39 is 10.1 Å². The van der Waals surface area contributed by atoms with Gasteiger partial charge in [-0.15, -0.1) is 0 Å². The fourth-order valence-corrected chi connectivity index (χ4v) is 3.65. The molecule has 0 radical (unpaired) electrons. The molecule has 0 saturated carbocycles. The van der Waals surface area contributed by atoms with E-state index in [2.05, 4.69) is 35.1 Å². The van der Waals surface area contributed by atoms with E-state index in [1.165, 1.54) is 51.4 Å². The maximum atomic E-state index is 11.8. The molecule has 0 unspecified atom stereocenters. The van der Waals surface area contributed by atoms with Crippen molar-refractivity contribution < 1.29 is 17.1 Å². The minimum atomic E-state index is -3.44. The second kappa shape index (κ2) is 15.9. The highest BCUT2D eigenvalue weighted by Crippen LogP contribution is 2.12. The molecule has 5 heteroatoms. The summed E-state index contributed by atoms with van der Waals surface area (Å²) in [6.07, 6.45) is 12.3. The molecule has 0 fully saturated rings. The third kappa shape index (κ3) is 21.4. The van der Waals surface area contributed by atoms with E-state index in [1.54, 1.807) is 12.1 Å². The van der Waals surface area contributed by atoms with Crippen LogP contribution >= 0.6 is 0 Å². The molecule has 164 valence electrons. The minimum Gasteiger partial charge on any atom is -0.333 e. The minimum absolute atomic E-state index is 0.0361. The first kappa shape index (κ1) is 27.1. The molecule has 0 heterocycles. The average molecular weight is 415 g/mol. The van der Waals surface area contributed by atoms with Gasteiger partial charge in [-0.05, 0) is 12.0 Å². The normalized spacial score (nSPS) is 11.8. The van der Waals surface area contributed by atoms with Gasteiger partial charge in [-0.25, -0.2) is 0 Å². The molecule has 1 aromatic carbocycles. The van der Waals surface area contributed by atoms with Crippen LogP contribution in [-0.4, -0.2) is 47.7 Å². The number of unbranched alkanes of at least 4 members (excludes halogenated alkanes) is 9. The molecule has 0 aliphatic carbocycles. The maximum absolute atomic E-state index is 11.8. The summed E-state index contributed by atoms with van der Waals surface area (Å²) in [5, 5.41) is 0. The standard InChI is InChI=1S/C19H32O3S.C4H12N/c1-2-3-4-5-6-7-8-9-10-14-17-22-23(20,21)18-19-15-12-11-13-16-19;1-5(2,3)4/h11-13,15-16H,2-10,14,17-18H2,1H3;1-4H3/q;+1. The second-order valence-electron chi connectivity index (χ2n) is 8.87. The van der Waals surface area contributed by atoms with Gasteiger partial charge >= 0.3 is 0 Å². The van der Waals surface area contributed by atoms with Crippen molar-refractivity contribution in [2.75, 3.05) is 34.8 Å². The van der Waals surface area contributed by atoms with Gasteiger partial charge < -0.3 is 4.48 Å². The molecular weight excluding hydrogens is 370 g/mol. The van der Waals surface area contributed by atoms with Gasteiger partial charge in [0.2, 0.25) is 0 Å². The second-order valence-corrected chi connectivity index (χ2v) is 10.5. The Kier molecular flexibility index (Phi) is 15.4. The Morgan fingerprint density at radius 1 is 0.750 bits per heavy atom. The van der Waals surface area contributed by atoms with Crippen LogP contribution in [0.5, 0.6) is 0 Å². The summed E-state index contributed by atoms with van der Waals surface area (Å²) >= 11 is 0. The Morgan fingerprint density at radius 3 is 1.64 bits per heavy atom. The van der Waals surface area contributed by atoms with Gasteiger partial charge in [0, 0.05) is 0 Å². The largest absolute Gasteiger partial charge is 0.333 e. The summed E-state index contributed by atoms with van der Waals surface area (Å²) in [6.45, 7) is 2.55. The molecule has 28 heavy (non-hydrogen) atoms. The molecule has 4 nitrogen and oxygen atoms in total. The highest BCUT2D eigenvalue weighted by molar-refractivity contribution is 7.85. The summed E-state index contributed by atoms with van der Waals surface area (Å²) in [5.74, 6) is -0.0361. The molecule has 0 atom stereocenters. The Labute approximate surface area is 175 Å². The summed E-state index contributed by atoms with van der Waals surface area (Å²) < 4.78 is 29.8. The van der Waals surface area contributed by atoms with Crippen LogP contribution < -0.4 is 0 Å².